The van der Waals surface area contributed by atoms with E-state index in [4.69, 9.17) is 10.2 Å². The second-order valence-electron chi connectivity index (χ2n) is 5.90. The summed E-state index contributed by atoms with van der Waals surface area (Å²) in [5.74, 6) is 0.716. The molecule has 3 aromatic rings. The summed E-state index contributed by atoms with van der Waals surface area (Å²) in [4.78, 5) is 22.5. The highest BCUT2D eigenvalue weighted by Crippen LogP contribution is 2.36. The lowest BCUT2D eigenvalue weighted by Gasteiger charge is -2.31. The number of aromatic nitrogens is 2. The fourth-order valence-corrected chi connectivity index (χ4v) is 3.04. The second-order valence-corrected chi connectivity index (χ2v) is 5.90. The third-order valence-electron chi connectivity index (χ3n) is 4.27. The summed E-state index contributed by atoms with van der Waals surface area (Å²) in [6.07, 6.45) is 4.89. The van der Waals surface area contributed by atoms with Crippen LogP contribution < -0.4 is 21.5 Å². The van der Waals surface area contributed by atoms with Crippen LogP contribution in [0.5, 0.6) is 0 Å². The molecule has 0 saturated carbocycles. The fraction of sp³-hybridized carbons (Fsp3) is 0.167. The Kier molecular flexibility index (Phi) is 4.14. The average molecular weight is 350 g/mol. The molecule has 26 heavy (non-hydrogen) atoms. The van der Waals surface area contributed by atoms with Crippen LogP contribution in [-0.4, -0.2) is 22.4 Å². The normalized spacial score (nSPS) is 13.2. The van der Waals surface area contributed by atoms with Gasteiger partial charge < -0.3 is 15.1 Å². The first-order valence-electron chi connectivity index (χ1n) is 8.30. The number of nitrogen functional groups attached to an aromatic ring is 1. The zero-order valence-electron chi connectivity index (χ0n) is 14.0. The molecule has 2 aromatic heterocycles. The molecular formula is C18H18N6O2. The van der Waals surface area contributed by atoms with Gasteiger partial charge in [-0.3, -0.25) is 15.6 Å². The van der Waals surface area contributed by atoms with Crippen molar-refractivity contribution in [3.8, 4) is 0 Å². The maximum Gasteiger partial charge on any atom is 0.305 e. The van der Waals surface area contributed by atoms with E-state index < -0.39 is 5.91 Å². The zero-order chi connectivity index (χ0) is 17.9. The Balaban J connectivity index is 1.58. The quantitative estimate of drug-likeness (QED) is 0.620. The lowest BCUT2D eigenvalue weighted by Crippen LogP contribution is -2.31. The fourth-order valence-electron chi connectivity index (χ4n) is 3.04. The van der Waals surface area contributed by atoms with Gasteiger partial charge >= 0.3 is 5.91 Å². The van der Waals surface area contributed by atoms with E-state index in [-0.39, 0.29) is 5.76 Å². The number of fused-ring (bicyclic) bond motifs is 1. The van der Waals surface area contributed by atoms with Crippen LogP contribution in [0.15, 0.2) is 53.4 Å². The molecule has 1 amide bonds. The van der Waals surface area contributed by atoms with Crippen LogP contribution in [0.1, 0.15) is 22.5 Å². The molecule has 0 atom stereocenters. The van der Waals surface area contributed by atoms with E-state index in [0.29, 0.717) is 17.3 Å². The molecule has 8 nitrogen and oxygen atoms in total. The molecule has 0 aliphatic carbocycles. The van der Waals surface area contributed by atoms with Crippen LogP contribution in [0.4, 0.5) is 23.0 Å². The summed E-state index contributed by atoms with van der Waals surface area (Å²) in [7, 11) is 0. The Morgan fingerprint density at radius 1 is 1.19 bits per heavy atom. The molecule has 0 radical (unpaired) electrons. The van der Waals surface area contributed by atoms with Gasteiger partial charge in [0.25, 0.3) is 0 Å². The van der Waals surface area contributed by atoms with E-state index in [9.17, 15) is 4.79 Å². The zero-order valence-corrected chi connectivity index (χ0v) is 14.0. The number of aryl methyl sites for hydroxylation is 1. The van der Waals surface area contributed by atoms with Gasteiger partial charge in [0, 0.05) is 12.2 Å². The van der Waals surface area contributed by atoms with Crippen LogP contribution in [0, 0.1) is 0 Å². The summed E-state index contributed by atoms with van der Waals surface area (Å²) < 4.78 is 5.05. The van der Waals surface area contributed by atoms with Crippen molar-refractivity contribution in [1.82, 2.24) is 15.4 Å². The minimum Gasteiger partial charge on any atom is -0.459 e. The number of carbonyl (C=O) groups excluding carboxylic acids is 1. The Bertz CT molecular complexity index is 925. The van der Waals surface area contributed by atoms with E-state index in [1.807, 2.05) is 12.1 Å². The predicted octanol–water partition coefficient (Wildman–Crippen LogP) is 2.49. The van der Waals surface area contributed by atoms with Crippen molar-refractivity contribution in [2.45, 2.75) is 12.8 Å². The van der Waals surface area contributed by atoms with Crippen molar-refractivity contribution < 1.29 is 9.21 Å². The van der Waals surface area contributed by atoms with E-state index in [1.165, 1.54) is 18.2 Å². The van der Waals surface area contributed by atoms with Gasteiger partial charge in [0.15, 0.2) is 17.4 Å². The number of hydrogen-bond donors (Lipinski definition) is 3. The Labute approximate surface area is 150 Å². The molecule has 1 aliphatic rings. The first-order valence-corrected chi connectivity index (χ1v) is 8.30. The van der Waals surface area contributed by atoms with Crippen molar-refractivity contribution in [3.05, 3.63) is 60.3 Å². The molecule has 0 spiro atoms. The summed E-state index contributed by atoms with van der Waals surface area (Å²) in [6, 6.07) is 11.4. The standard InChI is InChI=1S/C18H18N6O2/c19-15-16(22-23-18(25)14-8-4-10-26-14)20-11-21-17(15)24-9-3-6-12-5-1-2-7-13(12)24/h1-2,4-5,7-8,10-11H,3,6,9,19H2,(H,23,25)(H,20,21,22). The van der Waals surface area contributed by atoms with E-state index in [1.54, 1.807) is 12.1 Å². The van der Waals surface area contributed by atoms with E-state index in [2.05, 4.69) is 37.9 Å². The van der Waals surface area contributed by atoms with Gasteiger partial charge in [0.2, 0.25) is 0 Å². The number of nitrogens with one attached hydrogen (secondary N) is 2. The lowest BCUT2D eigenvalue weighted by atomic mass is 10.0. The topological polar surface area (TPSA) is 109 Å². The third kappa shape index (κ3) is 2.92. The van der Waals surface area contributed by atoms with Gasteiger partial charge in [-0.2, -0.15) is 0 Å². The van der Waals surface area contributed by atoms with Crippen LogP contribution in [0.3, 0.4) is 0 Å². The van der Waals surface area contributed by atoms with Crippen LogP contribution in [0.2, 0.25) is 0 Å². The Morgan fingerprint density at radius 3 is 2.92 bits per heavy atom. The van der Waals surface area contributed by atoms with Crippen molar-refractivity contribution in [2.75, 3.05) is 22.6 Å². The van der Waals surface area contributed by atoms with Gasteiger partial charge in [-0.25, -0.2) is 9.97 Å². The number of nitrogens with two attached hydrogens (primary N) is 1. The summed E-state index contributed by atoms with van der Waals surface area (Å²) in [5.41, 5.74) is 14.3. The molecule has 8 heteroatoms. The van der Waals surface area contributed by atoms with E-state index >= 15 is 0 Å². The van der Waals surface area contributed by atoms with Crippen molar-refractivity contribution >= 4 is 28.9 Å². The largest absolute Gasteiger partial charge is 0.459 e. The van der Waals surface area contributed by atoms with E-state index in [0.717, 1.165) is 25.1 Å². The number of rotatable bonds is 4. The summed E-state index contributed by atoms with van der Waals surface area (Å²) in [5, 5.41) is 0. The molecule has 0 bridgehead atoms. The predicted molar refractivity (Wildman–Crippen MR) is 98.0 cm³/mol. The molecule has 4 N–H and O–H groups in total. The summed E-state index contributed by atoms with van der Waals surface area (Å²) >= 11 is 0. The van der Waals surface area contributed by atoms with Crippen molar-refractivity contribution in [2.24, 2.45) is 0 Å². The number of hydrazine groups is 1. The third-order valence-corrected chi connectivity index (χ3v) is 4.27. The first-order chi connectivity index (χ1) is 12.7. The molecule has 0 unspecified atom stereocenters. The molecule has 4 rings (SSSR count). The van der Waals surface area contributed by atoms with Gasteiger partial charge in [-0.15, -0.1) is 0 Å². The number of para-hydroxylation sites is 1. The highest BCUT2D eigenvalue weighted by atomic mass is 16.3. The Hall–Kier alpha value is -3.55. The minimum atomic E-state index is -0.419. The number of hydrogen-bond acceptors (Lipinski definition) is 7. The maximum atomic E-state index is 12.0. The second kappa shape index (κ2) is 6.75. The number of anilines is 4. The lowest BCUT2D eigenvalue weighted by molar-refractivity contribution is 0.0935. The van der Waals surface area contributed by atoms with Crippen LogP contribution in [0.25, 0.3) is 0 Å². The molecule has 3 heterocycles. The van der Waals surface area contributed by atoms with Gasteiger partial charge in [-0.1, -0.05) is 18.2 Å². The maximum absolute atomic E-state index is 12.0. The highest BCUT2D eigenvalue weighted by Gasteiger charge is 2.22. The highest BCUT2D eigenvalue weighted by molar-refractivity contribution is 5.92. The molecule has 1 aliphatic heterocycles. The molecule has 1 aromatic carbocycles. The number of furan rings is 1. The van der Waals surface area contributed by atoms with Gasteiger partial charge in [0.1, 0.15) is 12.0 Å². The van der Waals surface area contributed by atoms with Crippen molar-refractivity contribution in [3.63, 3.8) is 0 Å². The monoisotopic (exact) mass is 350 g/mol. The summed E-state index contributed by atoms with van der Waals surface area (Å²) in [6.45, 7) is 0.816. The van der Waals surface area contributed by atoms with Crippen molar-refractivity contribution in [1.29, 1.82) is 0 Å². The number of benzene rings is 1. The first kappa shape index (κ1) is 15.9. The number of amides is 1. The van der Waals surface area contributed by atoms with Gasteiger partial charge in [-0.05, 0) is 36.6 Å². The molecular weight excluding hydrogens is 332 g/mol. The Morgan fingerprint density at radius 2 is 2.08 bits per heavy atom. The van der Waals surface area contributed by atoms with Gasteiger partial charge in [0.05, 0.1) is 6.26 Å². The average Bonchev–Trinajstić information content (AvgIpc) is 3.21. The number of carbonyl (C=O) groups is 1. The number of nitrogens with zero attached hydrogens (tertiary/aromatic N) is 3. The molecule has 0 saturated heterocycles. The smallest absolute Gasteiger partial charge is 0.305 e. The SMILES string of the molecule is Nc1c(NNC(=O)c2ccco2)ncnc1N1CCCc2ccccc21. The van der Waals surface area contributed by atoms with Crippen LogP contribution in [-0.2, 0) is 6.42 Å². The molecule has 132 valence electrons. The molecule has 0 fully saturated rings. The van der Waals surface area contributed by atoms with Crippen LogP contribution >= 0.6 is 0 Å². The minimum absolute atomic E-state index is 0.190.